The molecule has 3 rings (SSSR count). The van der Waals surface area contributed by atoms with E-state index in [4.69, 9.17) is 9.47 Å². The van der Waals surface area contributed by atoms with Gasteiger partial charge in [0.15, 0.2) is 0 Å². The highest BCUT2D eigenvalue weighted by Crippen LogP contribution is 2.29. The number of carbonyl (C=O) groups is 1. The second-order valence-electron chi connectivity index (χ2n) is 7.32. The Morgan fingerprint density at radius 3 is 2.92 bits per heavy atom. The zero-order chi connectivity index (χ0) is 18.2. The van der Waals surface area contributed by atoms with Crippen molar-refractivity contribution in [2.45, 2.75) is 63.5 Å². The fourth-order valence-corrected chi connectivity index (χ4v) is 3.91. The average Bonchev–Trinajstić information content (AvgIpc) is 2.68. The van der Waals surface area contributed by atoms with Crippen LogP contribution in [0.5, 0.6) is 0 Å². The van der Waals surface area contributed by atoms with E-state index in [1.807, 2.05) is 12.1 Å². The molecule has 1 saturated heterocycles. The molecule has 26 heavy (non-hydrogen) atoms. The van der Waals surface area contributed by atoms with Crippen molar-refractivity contribution < 1.29 is 14.3 Å². The molecular weight excluding hydrogens is 326 g/mol. The van der Waals surface area contributed by atoms with E-state index in [1.165, 1.54) is 44.8 Å². The smallest absolute Gasteiger partial charge is 0.337 e. The molecule has 0 radical (unpaired) electrons. The van der Waals surface area contributed by atoms with Gasteiger partial charge in [0, 0.05) is 12.6 Å². The molecule has 142 valence electrons. The van der Waals surface area contributed by atoms with Crippen molar-refractivity contribution >= 4 is 12.0 Å². The standard InChI is InChI=1S/C22H31NO3/c1-25-22(24)18-10-11-20-17(15-18)9-7-5-3-2-4-6-8-14-26-19-12-13-23-21(20)16-19/h7,9-11,15,19,21,23H,2-6,8,12-14,16H2,1H3/b9-7-/t19-,21-/m0/s1. The first kappa shape index (κ1) is 19.1. The van der Waals surface area contributed by atoms with Crippen LogP contribution in [0.4, 0.5) is 0 Å². The number of carbonyl (C=O) groups excluding carboxylic acids is 1. The third-order valence-electron chi connectivity index (χ3n) is 5.41. The molecule has 2 bridgehead atoms. The van der Waals surface area contributed by atoms with Gasteiger partial charge in [0.2, 0.25) is 0 Å². The third kappa shape index (κ3) is 5.18. The molecule has 2 heterocycles. The Morgan fingerprint density at radius 2 is 2.04 bits per heavy atom. The highest BCUT2D eigenvalue weighted by Gasteiger charge is 2.25. The molecule has 0 spiro atoms. The van der Waals surface area contributed by atoms with Crippen LogP contribution in [-0.4, -0.2) is 32.3 Å². The quantitative estimate of drug-likeness (QED) is 0.743. The minimum atomic E-state index is -0.282. The molecule has 0 amide bonds. The molecule has 4 nitrogen and oxygen atoms in total. The molecule has 1 aromatic rings. The van der Waals surface area contributed by atoms with Gasteiger partial charge in [0.25, 0.3) is 0 Å². The van der Waals surface area contributed by atoms with Crippen molar-refractivity contribution in [2.24, 2.45) is 0 Å². The van der Waals surface area contributed by atoms with E-state index in [0.717, 1.165) is 38.0 Å². The molecule has 1 N–H and O–H groups in total. The Hall–Kier alpha value is -1.65. The summed E-state index contributed by atoms with van der Waals surface area (Å²) in [6, 6.07) is 6.18. The lowest BCUT2D eigenvalue weighted by molar-refractivity contribution is 0.0197. The number of nitrogens with one attached hydrogen (secondary N) is 1. The number of hydrogen-bond acceptors (Lipinski definition) is 4. The van der Waals surface area contributed by atoms with Gasteiger partial charge in [0.1, 0.15) is 0 Å². The van der Waals surface area contributed by atoms with Gasteiger partial charge in [-0.2, -0.15) is 0 Å². The third-order valence-corrected chi connectivity index (χ3v) is 5.41. The molecule has 1 fully saturated rings. The van der Waals surface area contributed by atoms with E-state index in [0.29, 0.717) is 11.7 Å². The van der Waals surface area contributed by atoms with E-state index in [-0.39, 0.29) is 12.0 Å². The normalized spacial score (nSPS) is 26.0. The van der Waals surface area contributed by atoms with Gasteiger partial charge in [-0.25, -0.2) is 4.79 Å². The van der Waals surface area contributed by atoms with Crippen molar-refractivity contribution in [3.63, 3.8) is 0 Å². The van der Waals surface area contributed by atoms with Gasteiger partial charge >= 0.3 is 5.97 Å². The van der Waals surface area contributed by atoms with E-state index in [2.05, 4.69) is 23.5 Å². The van der Waals surface area contributed by atoms with Crippen LogP contribution >= 0.6 is 0 Å². The number of benzene rings is 1. The van der Waals surface area contributed by atoms with Gasteiger partial charge < -0.3 is 14.8 Å². The summed E-state index contributed by atoms with van der Waals surface area (Å²) in [6.07, 6.45) is 14.1. The molecule has 2 atom stereocenters. The van der Waals surface area contributed by atoms with Crippen molar-refractivity contribution in [3.8, 4) is 0 Å². The van der Waals surface area contributed by atoms with Crippen molar-refractivity contribution in [2.75, 3.05) is 20.3 Å². The van der Waals surface area contributed by atoms with Gasteiger partial charge in [-0.3, -0.25) is 0 Å². The summed E-state index contributed by atoms with van der Waals surface area (Å²) in [5.74, 6) is -0.282. The van der Waals surface area contributed by atoms with Crippen molar-refractivity contribution in [1.82, 2.24) is 5.32 Å². The molecule has 2 aliphatic rings. The lowest BCUT2D eigenvalue weighted by Gasteiger charge is -2.31. The number of hydrogen-bond donors (Lipinski definition) is 1. The van der Waals surface area contributed by atoms with Gasteiger partial charge in [-0.15, -0.1) is 0 Å². The SMILES string of the molecule is COC(=O)c1ccc2c(c1)/C=C\CCCCCCCO[C@H]1CCN[C@H]2C1. The first-order chi connectivity index (χ1) is 12.8. The highest BCUT2D eigenvalue weighted by atomic mass is 16.5. The van der Waals surface area contributed by atoms with E-state index < -0.39 is 0 Å². The number of esters is 1. The van der Waals surface area contributed by atoms with Crippen molar-refractivity contribution in [1.29, 1.82) is 0 Å². The Balaban J connectivity index is 1.86. The van der Waals surface area contributed by atoms with Crippen molar-refractivity contribution in [3.05, 3.63) is 41.0 Å². The molecular formula is C22H31NO3. The average molecular weight is 357 g/mol. The monoisotopic (exact) mass is 357 g/mol. The molecule has 4 heteroatoms. The second-order valence-corrected chi connectivity index (χ2v) is 7.32. The summed E-state index contributed by atoms with van der Waals surface area (Å²) in [5, 5.41) is 3.63. The molecule has 1 aromatic carbocycles. The van der Waals surface area contributed by atoms with Crippen LogP contribution in [0, 0.1) is 0 Å². The minimum absolute atomic E-state index is 0.269. The Bertz CT molecular complexity index is 626. The van der Waals surface area contributed by atoms with E-state index in [1.54, 1.807) is 0 Å². The maximum absolute atomic E-state index is 11.9. The Morgan fingerprint density at radius 1 is 1.19 bits per heavy atom. The number of allylic oxidation sites excluding steroid dienone is 1. The minimum Gasteiger partial charge on any atom is -0.465 e. The highest BCUT2D eigenvalue weighted by molar-refractivity contribution is 5.90. The maximum Gasteiger partial charge on any atom is 0.337 e. The van der Waals surface area contributed by atoms with Crippen LogP contribution in [0.2, 0.25) is 0 Å². The van der Waals surface area contributed by atoms with Gasteiger partial charge in [-0.1, -0.05) is 37.5 Å². The fourth-order valence-electron chi connectivity index (χ4n) is 3.91. The number of fused-ring (bicyclic) bond motifs is 4. The summed E-state index contributed by atoms with van der Waals surface area (Å²) in [7, 11) is 1.43. The molecule has 0 aromatic heterocycles. The van der Waals surface area contributed by atoms with Crippen LogP contribution in [-0.2, 0) is 9.47 Å². The van der Waals surface area contributed by atoms with Crippen LogP contribution < -0.4 is 5.32 Å². The van der Waals surface area contributed by atoms with E-state index >= 15 is 0 Å². The summed E-state index contributed by atoms with van der Waals surface area (Å²) >= 11 is 0. The van der Waals surface area contributed by atoms with Gasteiger partial charge in [-0.05, 0) is 61.9 Å². The van der Waals surface area contributed by atoms with Gasteiger partial charge in [0.05, 0.1) is 18.8 Å². The number of rotatable bonds is 1. The number of methoxy groups -OCH3 is 1. The lowest BCUT2D eigenvalue weighted by atomic mass is 9.90. The molecule has 0 aliphatic carbocycles. The van der Waals surface area contributed by atoms with Crippen LogP contribution in [0.3, 0.4) is 0 Å². The molecule has 2 aliphatic heterocycles. The first-order valence-electron chi connectivity index (χ1n) is 10.0. The molecule has 0 unspecified atom stereocenters. The molecule has 0 saturated carbocycles. The summed E-state index contributed by atoms with van der Waals surface area (Å²) < 4.78 is 11.0. The summed E-state index contributed by atoms with van der Waals surface area (Å²) in [6.45, 7) is 1.85. The van der Waals surface area contributed by atoms with Crippen LogP contribution in [0.1, 0.15) is 78.9 Å². The maximum atomic E-state index is 11.9. The Kier molecular flexibility index (Phi) is 7.27. The Labute approximate surface area is 157 Å². The zero-order valence-corrected chi connectivity index (χ0v) is 15.8. The predicted octanol–water partition coefficient (Wildman–Crippen LogP) is 4.65. The fraction of sp³-hybridized carbons (Fsp3) is 0.591. The van der Waals surface area contributed by atoms with E-state index in [9.17, 15) is 4.79 Å². The second kappa shape index (κ2) is 9.89. The first-order valence-corrected chi connectivity index (χ1v) is 10.0. The predicted molar refractivity (Wildman–Crippen MR) is 104 cm³/mol. The summed E-state index contributed by atoms with van der Waals surface area (Å²) in [4.78, 5) is 11.9. The summed E-state index contributed by atoms with van der Waals surface area (Å²) in [5.41, 5.74) is 2.97. The lowest BCUT2D eigenvalue weighted by Crippen LogP contribution is -2.36. The number of ether oxygens (including phenoxy) is 2. The van der Waals surface area contributed by atoms with Crippen LogP contribution in [0.25, 0.3) is 6.08 Å². The zero-order valence-electron chi connectivity index (χ0n) is 15.8. The van der Waals surface area contributed by atoms with Crippen LogP contribution in [0.15, 0.2) is 24.3 Å². The number of piperidine rings is 1. The largest absolute Gasteiger partial charge is 0.465 e. The topological polar surface area (TPSA) is 47.6 Å².